The van der Waals surface area contributed by atoms with Crippen LogP contribution in [0.4, 0.5) is 5.69 Å². The van der Waals surface area contributed by atoms with Gasteiger partial charge in [-0.05, 0) is 42.0 Å². The van der Waals surface area contributed by atoms with Crippen molar-refractivity contribution < 1.29 is 18.3 Å². The Morgan fingerprint density at radius 3 is 2.35 bits per heavy atom. The quantitative estimate of drug-likeness (QED) is 0.828. The zero-order chi connectivity index (χ0) is 17.0. The van der Waals surface area contributed by atoms with Crippen LogP contribution in [0.3, 0.4) is 0 Å². The Morgan fingerprint density at radius 1 is 1.09 bits per heavy atom. The normalized spacial score (nSPS) is 11.6. The van der Waals surface area contributed by atoms with Crippen molar-refractivity contribution in [3.05, 3.63) is 69.0 Å². The van der Waals surface area contributed by atoms with E-state index in [0.717, 1.165) is 11.5 Å². The van der Waals surface area contributed by atoms with Crippen molar-refractivity contribution in [3.63, 3.8) is 0 Å². The molecule has 0 atom stereocenters. The molecule has 5 nitrogen and oxygen atoms in total. The second-order valence-electron chi connectivity index (χ2n) is 4.50. The van der Waals surface area contributed by atoms with Gasteiger partial charge in [-0.25, -0.2) is 13.2 Å². The lowest BCUT2D eigenvalue weighted by atomic mass is 10.2. The lowest BCUT2D eigenvalue weighted by Crippen LogP contribution is -2.09. The van der Waals surface area contributed by atoms with E-state index in [4.69, 9.17) is 28.3 Å². The molecule has 0 saturated heterocycles. The summed E-state index contributed by atoms with van der Waals surface area (Å²) in [7, 11) is -3.80. The van der Waals surface area contributed by atoms with E-state index in [1.165, 1.54) is 18.2 Å². The van der Waals surface area contributed by atoms with Crippen LogP contribution in [-0.2, 0) is 10.0 Å². The first-order valence-electron chi connectivity index (χ1n) is 6.26. The van der Waals surface area contributed by atoms with Crippen LogP contribution in [0.15, 0.2) is 47.9 Å². The van der Waals surface area contributed by atoms with Gasteiger partial charge in [0.2, 0.25) is 0 Å². The number of rotatable bonds is 5. The molecule has 0 radical (unpaired) electrons. The van der Waals surface area contributed by atoms with Crippen LogP contribution in [0.25, 0.3) is 6.08 Å². The molecule has 2 N–H and O–H groups in total. The lowest BCUT2D eigenvalue weighted by Gasteiger charge is -2.06. The fraction of sp³-hybridized carbons (Fsp3) is 0. The highest BCUT2D eigenvalue weighted by atomic mass is 35.5. The molecule has 8 heteroatoms. The number of carboxylic acid groups (broad SMARTS) is 1. The fourth-order valence-electron chi connectivity index (χ4n) is 1.69. The second-order valence-corrected chi connectivity index (χ2v) is 6.91. The van der Waals surface area contributed by atoms with Crippen molar-refractivity contribution in [1.82, 2.24) is 0 Å². The molecule has 2 aromatic rings. The second kappa shape index (κ2) is 7.04. The maximum absolute atomic E-state index is 12.0. The average Bonchev–Trinajstić information content (AvgIpc) is 2.48. The Kier molecular flexibility index (Phi) is 5.30. The number of sulfonamides is 1. The van der Waals surface area contributed by atoms with Gasteiger partial charge in [0.15, 0.2) is 0 Å². The van der Waals surface area contributed by atoms with E-state index < -0.39 is 16.0 Å². The molecule has 0 aromatic heterocycles. The molecule has 2 aromatic carbocycles. The van der Waals surface area contributed by atoms with Crippen LogP contribution in [0, 0.1) is 0 Å². The van der Waals surface area contributed by atoms with Crippen molar-refractivity contribution in [2.45, 2.75) is 0 Å². The summed E-state index contributed by atoms with van der Waals surface area (Å²) in [6.45, 7) is 0. The summed E-state index contributed by atoms with van der Waals surface area (Å²) >= 11 is 11.5. The van der Waals surface area contributed by atoms with Crippen LogP contribution >= 0.6 is 23.2 Å². The standard InChI is InChI=1S/C15H11Cl2NO4S/c16-11-3-1-10(2-4-11)7-8-23(21,22)18-12-5-6-14(17)13(9-12)15(19)20/h1-9,18H,(H,19,20)/b8-7+. The summed E-state index contributed by atoms with van der Waals surface area (Å²) < 4.78 is 26.3. The predicted octanol–water partition coefficient (Wildman–Crippen LogP) is 4.10. The van der Waals surface area contributed by atoms with Crippen molar-refractivity contribution in [2.24, 2.45) is 0 Å². The molecule has 0 bridgehead atoms. The van der Waals surface area contributed by atoms with Gasteiger partial charge in [0, 0.05) is 10.7 Å². The topological polar surface area (TPSA) is 83.5 Å². The molecule has 0 aliphatic heterocycles. The molecule has 0 heterocycles. The number of anilines is 1. The number of hydrogen-bond acceptors (Lipinski definition) is 3. The van der Waals surface area contributed by atoms with Crippen molar-refractivity contribution in [2.75, 3.05) is 4.72 Å². The first kappa shape index (κ1) is 17.3. The van der Waals surface area contributed by atoms with Gasteiger partial charge in [-0.2, -0.15) is 0 Å². The molecule has 23 heavy (non-hydrogen) atoms. The molecule has 120 valence electrons. The minimum absolute atomic E-state index is 0.0251. The minimum atomic E-state index is -3.80. The molecular weight excluding hydrogens is 361 g/mol. The molecule has 0 amide bonds. The molecule has 0 aliphatic rings. The van der Waals surface area contributed by atoms with Crippen LogP contribution in [0.1, 0.15) is 15.9 Å². The Morgan fingerprint density at radius 2 is 1.74 bits per heavy atom. The zero-order valence-corrected chi connectivity index (χ0v) is 13.9. The van der Waals surface area contributed by atoms with E-state index in [0.29, 0.717) is 10.6 Å². The molecule has 0 spiro atoms. The third kappa shape index (κ3) is 4.99. The number of halogens is 2. The lowest BCUT2D eigenvalue weighted by molar-refractivity contribution is 0.0697. The minimum Gasteiger partial charge on any atom is -0.478 e. The largest absolute Gasteiger partial charge is 0.478 e. The highest BCUT2D eigenvalue weighted by molar-refractivity contribution is 7.95. The van der Waals surface area contributed by atoms with Gasteiger partial charge in [0.05, 0.1) is 16.0 Å². The van der Waals surface area contributed by atoms with Crippen molar-refractivity contribution >= 4 is 51.0 Å². The summed E-state index contributed by atoms with van der Waals surface area (Å²) in [5.41, 5.74) is 0.572. The number of hydrogen-bond donors (Lipinski definition) is 2. The maximum Gasteiger partial charge on any atom is 0.337 e. The first-order chi connectivity index (χ1) is 10.8. The van der Waals surface area contributed by atoms with Crippen LogP contribution in [-0.4, -0.2) is 19.5 Å². The van der Waals surface area contributed by atoms with E-state index >= 15 is 0 Å². The van der Waals surface area contributed by atoms with Crippen LogP contribution in [0.5, 0.6) is 0 Å². The summed E-state index contributed by atoms with van der Waals surface area (Å²) in [4.78, 5) is 11.0. The number of nitrogens with one attached hydrogen (secondary N) is 1. The van der Waals surface area contributed by atoms with Gasteiger partial charge in [-0.1, -0.05) is 35.3 Å². The third-order valence-corrected chi connectivity index (χ3v) is 4.36. The van der Waals surface area contributed by atoms with Gasteiger partial charge < -0.3 is 5.11 Å². The van der Waals surface area contributed by atoms with E-state index in [2.05, 4.69) is 4.72 Å². The van der Waals surface area contributed by atoms with E-state index in [1.807, 2.05) is 0 Å². The molecule has 0 fully saturated rings. The van der Waals surface area contributed by atoms with Gasteiger partial charge in [0.25, 0.3) is 10.0 Å². The number of carbonyl (C=O) groups is 1. The van der Waals surface area contributed by atoms with Gasteiger partial charge >= 0.3 is 5.97 Å². The SMILES string of the molecule is O=C(O)c1cc(NS(=O)(=O)/C=C/c2ccc(Cl)cc2)ccc1Cl. The zero-order valence-electron chi connectivity index (χ0n) is 11.5. The Bertz CT molecular complexity index is 862. The van der Waals surface area contributed by atoms with E-state index in [1.54, 1.807) is 24.3 Å². The molecule has 0 saturated carbocycles. The summed E-state index contributed by atoms with van der Waals surface area (Å²) in [5, 5.41) is 10.5. The average molecular weight is 372 g/mol. The van der Waals surface area contributed by atoms with Gasteiger partial charge in [0.1, 0.15) is 0 Å². The molecule has 0 aliphatic carbocycles. The summed E-state index contributed by atoms with van der Waals surface area (Å²) in [5.74, 6) is -1.24. The number of aromatic carboxylic acids is 1. The van der Waals surface area contributed by atoms with Crippen molar-refractivity contribution in [1.29, 1.82) is 0 Å². The molecular formula is C15H11Cl2NO4S. The fourth-order valence-corrected chi connectivity index (χ4v) is 2.88. The highest BCUT2D eigenvalue weighted by Crippen LogP contribution is 2.21. The Hall–Kier alpha value is -2.02. The number of benzene rings is 2. The summed E-state index contributed by atoms with van der Waals surface area (Å²) in [6.07, 6.45) is 1.40. The maximum atomic E-state index is 12.0. The monoisotopic (exact) mass is 371 g/mol. The Balaban J connectivity index is 2.19. The molecule has 0 unspecified atom stereocenters. The number of carboxylic acids is 1. The first-order valence-corrected chi connectivity index (χ1v) is 8.56. The van der Waals surface area contributed by atoms with Gasteiger partial charge in [-0.15, -0.1) is 0 Å². The third-order valence-electron chi connectivity index (χ3n) is 2.77. The van der Waals surface area contributed by atoms with Crippen molar-refractivity contribution in [3.8, 4) is 0 Å². The van der Waals surface area contributed by atoms with E-state index in [-0.39, 0.29) is 16.3 Å². The molecule has 2 rings (SSSR count). The van der Waals surface area contributed by atoms with Gasteiger partial charge in [-0.3, -0.25) is 4.72 Å². The van der Waals surface area contributed by atoms with Crippen LogP contribution < -0.4 is 4.72 Å². The van der Waals surface area contributed by atoms with E-state index in [9.17, 15) is 13.2 Å². The van der Waals surface area contributed by atoms with Crippen LogP contribution in [0.2, 0.25) is 10.0 Å². The Labute approximate surface area is 143 Å². The highest BCUT2D eigenvalue weighted by Gasteiger charge is 2.12. The predicted molar refractivity (Wildman–Crippen MR) is 91.4 cm³/mol. The summed E-state index contributed by atoms with van der Waals surface area (Å²) in [6, 6.07) is 10.4. The smallest absolute Gasteiger partial charge is 0.337 e.